The smallest absolute Gasteiger partial charge is 0.267 e. The normalized spacial score (nSPS) is 15.2. The second-order valence-electron chi connectivity index (χ2n) is 5.88. The molecule has 0 saturated carbocycles. The molecular weight excluding hydrogens is 338 g/mol. The highest BCUT2D eigenvalue weighted by Gasteiger charge is 2.21. The molecule has 3 heterocycles. The molecular formula is C17H21N5O2S. The zero-order chi connectivity index (χ0) is 17.6. The van der Waals surface area contributed by atoms with Crippen LogP contribution < -0.4 is 15.4 Å². The average molecular weight is 359 g/mol. The summed E-state index contributed by atoms with van der Waals surface area (Å²) in [5, 5.41) is 0.797. The third-order valence-electron chi connectivity index (χ3n) is 4.21. The Bertz CT molecular complexity index is 734. The van der Waals surface area contributed by atoms with Gasteiger partial charge >= 0.3 is 0 Å². The predicted molar refractivity (Wildman–Crippen MR) is 97.0 cm³/mol. The molecule has 1 aliphatic heterocycles. The van der Waals surface area contributed by atoms with E-state index >= 15 is 0 Å². The zero-order valence-electron chi connectivity index (χ0n) is 14.1. The van der Waals surface area contributed by atoms with Gasteiger partial charge in [0.1, 0.15) is 17.3 Å². The fourth-order valence-electron chi connectivity index (χ4n) is 2.78. The van der Waals surface area contributed by atoms with Crippen LogP contribution >= 0.6 is 11.8 Å². The maximum Gasteiger partial charge on any atom is 0.267 e. The molecule has 0 aromatic carbocycles. The van der Waals surface area contributed by atoms with E-state index in [1.807, 2.05) is 18.5 Å². The number of amides is 1. The number of hydrogen-bond acceptors (Lipinski definition) is 7. The van der Waals surface area contributed by atoms with Crippen molar-refractivity contribution in [1.82, 2.24) is 15.0 Å². The van der Waals surface area contributed by atoms with Gasteiger partial charge in [-0.1, -0.05) is 11.8 Å². The molecule has 1 fully saturated rings. The number of piperidine rings is 1. The summed E-state index contributed by atoms with van der Waals surface area (Å²) in [5.41, 5.74) is 5.46. The molecule has 1 aliphatic rings. The van der Waals surface area contributed by atoms with E-state index < -0.39 is 5.91 Å². The summed E-state index contributed by atoms with van der Waals surface area (Å²) in [6.07, 6.45) is 7.39. The number of carbonyl (C=O) groups excluding carboxylic acids is 1. The van der Waals surface area contributed by atoms with Gasteiger partial charge in [0.15, 0.2) is 5.16 Å². The van der Waals surface area contributed by atoms with Crippen LogP contribution in [-0.2, 0) is 0 Å². The topological polar surface area (TPSA) is 94.2 Å². The summed E-state index contributed by atoms with van der Waals surface area (Å²) in [4.78, 5) is 26.1. The second-order valence-corrected chi connectivity index (χ2v) is 6.66. The number of thioether (sulfide) groups is 1. The lowest BCUT2D eigenvalue weighted by atomic mass is 9.98. The molecule has 0 bridgehead atoms. The number of carbonyl (C=O) groups is 1. The van der Waals surface area contributed by atoms with Gasteiger partial charge in [0, 0.05) is 31.5 Å². The summed E-state index contributed by atoms with van der Waals surface area (Å²) in [6.45, 7) is 2.51. The lowest BCUT2D eigenvalue weighted by Crippen LogP contribution is -2.36. The number of rotatable bonds is 6. The van der Waals surface area contributed by atoms with Crippen molar-refractivity contribution in [3.8, 4) is 5.75 Å². The molecule has 0 unspecified atom stereocenters. The van der Waals surface area contributed by atoms with Crippen LogP contribution in [0.15, 0.2) is 35.7 Å². The van der Waals surface area contributed by atoms with Gasteiger partial charge in [-0.15, -0.1) is 0 Å². The summed E-state index contributed by atoms with van der Waals surface area (Å²) in [5.74, 6) is 1.54. The van der Waals surface area contributed by atoms with Gasteiger partial charge in [0.25, 0.3) is 5.91 Å². The Kier molecular flexibility index (Phi) is 5.70. The Labute approximate surface area is 151 Å². The first-order valence-corrected chi connectivity index (χ1v) is 9.39. The third kappa shape index (κ3) is 4.60. The number of anilines is 1. The maximum atomic E-state index is 11.2. The second kappa shape index (κ2) is 8.15. The highest BCUT2D eigenvalue weighted by Crippen LogP contribution is 2.24. The first kappa shape index (κ1) is 17.5. The van der Waals surface area contributed by atoms with Gasteiger partial charge in [0.05, 0.1) is 6.61 Å². The number of nitrogens with two attached hydrogens (primary N) is 1. The minimum absolute atomic E-state index is 0.223. The van der Waals surface area contributed by atoms with E-state index in [2.05, 4.69) is 19.9 Å². The van der Waals surface area contributed by atoms with Gasteiger partial charge in [0.2, 0.25) is 0 Å². The third-order valence-corrected chi connectivity index (χ3v) is 4.77. The molecule has 0 aliphatic carbocycles. The van der Waals surface area contributed by atoms with Crippen molar-refractivity contribution in [1.29, 1.82) is 0 Å². The summed E-state index contributed by atoms with van der Waals surface area (Å²) >= 11 is 1.55. The maximum absolute atomic E-state index is 11.2. The molecule has 0 radical (unpaired) electrons. The molecule has 132 valence electrons. The van der Waals surface area contributed by atoms with E-state index in [9.17, 15) is 4.79 Å². The molecule has 0 atom stereocenters. The standard InChI is InChI=1S/C17H21N5O2S/c1-25-17-20-7-3-15(21-17)22-8-4-12(5-9-22)11-24-13-2-6-19-14(10-13)16(18)23/h2-3,6-7,10,12H,4-5,8-9,11H2,1H3,(H2,18,23). The largest absolute Gasteiger partial charge is 0.493 e. The zero-order valence-corrected chi connectivity index (χ0v) is 14.9. The molecule has 2 N–H and O–H groups in total. The molecule has 8 heteroatoms. The summed E-state index contributed by atoms with van der Waals surface area (Å²) < 4.78 is 5.82. The van der Waals surface area contributed by atoms with Crippen molar-refractivity contribution < 1.29 is 9.53 Å². The lowest BCUT2D eigenvalue weighted by Gasteiger charge is -2.32. The van der Waals surface area contributed by atoms with E-state index in [0.29, 0.717) is 18.3 Å². The highest BCUT2D eigenvalue weighted by molar-refractivity contribution is 7.98. The SMILES string of the molecule is CSc1nccc(N2CCC(COc3ccnc(C(N)=O)c3)CC2)n1. The van der Waals surface area contributed by atoms with Crippen molar-refractivity contribution >= 4 is 23.5 Å². The van der Waals surface area contributed by atoms with Crippen LogP contribution in [0.3, 0.4) is 0 Å². The number of pyridine rings is 1. The quantitative estimate of drug-likeness (QED) is 0.622. The average Bonchev–Trinajstić information content (AvgIpc) is 2.67. The van der Waals surface area contributed by atoms with Crippen molar-refractivity contribution in [2.24, 2.45) is 11.7 Å². The first-order chi connectivity index (χ1) is 12.2. The number of primary amides is 1. The number of hydrogen-bond donors (Lipinski definition) is 1. The van der Waals surface area contributed by atoms with Crippen molar-refractivity contribution in [2.75, 3.05) is 30.9 Å². The number of aromatic nitrogens is 3. The first-order valence-electron chi connectivity index (χ1n) is 8.16. The van der Waals surface area contributed by atoms with Crippen LogP contribution in [0, 0.1) is 5.92 Å². The summed E-state index contributed by atoms with van der Waals surface area (Å²) in [6, 6.07) is 5.29. The van der Waals surface area contributed by atoms with Gasteiger partial charge in [-0.2, -0.15) is 0 Å². The fourth-order valence-corrected chi connectivity index (χ4v) is 3.14. The molecule has 7 nitrogen and oxygen atoms in total. The molecule has 25 heavy (non-hydrogen) atoms. The lowest BCUT2D eigenvalue weighted by molar-refractivity contribution is 0.0995. The van der Waals surface area contributed by atoms with Gasteiger partial charge in [-0.25, -0.2) is 9.97 Å². The van der Waals surface area contributed by atoms with E-state index in [1.165, 1.54) is 6.20 Å². The van der Waals surface area contributed by atoms with Crippen LogP contribution in [0.5, 0.6) is 5.75 Å². The summed E-state index contributed by atoms with van der Waals surface area (Å²) in [7, 11) is 0. The van der Waals surface area contributed by atoms with Crippen LogP contribution in [0.1, 0.15) is 23.3 Å². The molecule has 2 aromatic heterocycles. The highest BCUT2D eigenvalue weighted by atomic mass is 32.2. The Morgan fingerprint density at radius 1 is 1.32 bits per heavy atom. The van der Waals surface area contributed by atoms with E-state index in [4.69, 9.17) is 10.5 Å². The van der Waals surface area contributed by atoms with Crippen molar-refractivity contribution in [2.45, 2.75) is 18.0 Å². The minimum Gasteiger partial charge on any atom is -0.493 e. The Morgan fingerprint density at radius 3 is 2.80 bits per heavy atom. The molecule has 2 aromatic rings. The number of nitrogens with zero attached hydrogens (tertiary/aromatic N) is 4. The molecule has 3 rings (SSSR count). The Balaban J connectivity index is 1.51. The van der Waals surface area contributed by atoms with Crippen LogP contribution in [0.4, 0.5) is 5.82 Å². The van der Waals surface area contributed by atoms with Crippen molar-refractivity contribution in [3.63, 3.8) is 0 Å². The van der Waals surface area contributed by atoms with E-state index in [-0.39, 0.29) is 5.69 Å². The molecule has 1 saturated heterocycles. The van der Waals surface area contributed by atoms with Crippen molar-refractivity contribution in [3.05, 3.63) is 36.3 Å². The van der Waals surface area contributed by atoms with Gasteiger partial charge in [-0.3, -0.25) is 9.78 Å². The van der Waals surface area contributed by atoms with Gasteiger partial charge in [-0.05, 0) is 37.1 Å². The minimum atomic E-state index is -0.548. The molecule has 1 amide bonds. The fraction of sp³-hybridized carbons (Fsp3) is 0.412. The predicted octanol–water partition coefficient (Wildman–Crippen LogP) is 1.99. The molecule has 0 spiro atoms. The Hall–Kier alpha value is -2.35. The van der Waals surface area contributed by atoms with Crippen LogP contribution in [0.2, 0.25) is 0 Å². The van der Waals surface area contributed by atoms with Crippen LogP contribution in [0.25, 0.3) is 0 Å². The van der Waals surface area contributed by atoms with Crippen LogP contribution in [-0.4, -0.2) is 46.8 Å². The Morgan fingerprint density at radius 2 is 2.08 bits per heavy atom. The van der Waals surface area contributed by atoms with Gasteiger partial charge < -0.3 is 15.4 Å². The van der Waals surface area contributed by atoms with E-state index in [1.54, 1.807) is 23.9 Å². The monoisotopic (exact) mass is 359 g/mol. The number of ether oxygens (including phenoxy) is 1. The van der Waals surface area contributed by atoms with E-state index in [0.717, 1.165) is 36.9 Å².